The van der Waals surface area contributed by atoms with Crippen LogP contribution in [-0.4, -0.2) is 24.3 Å². The van der Waals surface area contributed by atoms with Gasteiger partial charge in [-0.05, 0) is 38.4 Å². The van der Waals surface area contributed by atoms with Gasteiger partial charge in [0.05, 0.1) is 0 Å². The summed E-state index contributed by atoms with van der Waals surface area (Å²) in [6, 6.07) is 16.7. The van der Waals surface area contributed by atoms with Gasteiger partial charge in [0.15, 0.2) is 5.78 Å². The van der Waals surface area contributed by atoms with E-state index in [2.05, 4.69) is 17.6 Å². The fraction of sp³-hybridized carbons (Fsp3) is 0.300. The summed E-state index contributed by atoms with van der Waals surface area (Å²) in [7, 11) is 0. The Morgan fingerprint density at radius 3 is 2.54 bits per heavy atom. The average Bonchev–Trinajstić information content (AvgIpc) is 2.62. The number of carbonyl (C=O) groups excluding carboxylic acids is 2. The summed E-state index contributed by atoms with van der Waals surface area (Å²) >= 11 is 0. The minimum absolute atomic E-state index is 0.0229. The maximum absolute atomic E-state index is 12.5. The van der Waals surface area contributed by atoms with E-state index in [-0.39, 0.29) is 17.6 Å². The zero-order valence-electron chi connectivity index (χ0n) is 13.8. The summed E-state index contributed by atoms with van der Waals surface area (Å²) in [5.74, 6) is 0.0181. The molecule has 1 saturated heterocycles. The van der Waals surface area contributed by atoms with Crippen molar-refractivity contribution >= 4 is 17.4 Å². The first kappa shape index (κ1) is 16.4. The topological polar surface area (TPSA) is 58.2 Å². The molecule has 124 valence electrons. The van der Waals surface area contributed by atoms with Crippen LogP contribution in [-0.2, 0) is 4.79 Å². The van der Waals surface area contributed by atoms with Gasteiger partial charge in [-0.15, -0.1) is 0 Å². The molecule has 0 aromatic heterocycles. The van der Waals surface area contributed by atoms with Crippen molar-refractivity contribution < 1.29 is 9.59 Å². The third kappa shape index (κ3) is 3.89. The van der Waals surface area contributed by atoms with Gasteiger partial charge in [-0.3, -0.25) is 9.59 Å². The highest BCUT2D eigenvalue weighted by Crippen LogP contribution is 2.20. The number of rotatable bonds is 4. The van der Waals surface area contributed by atoms with Crippen molar-refractivity contribution in [3.8, 4) is 0 Å². The number of ketones is 1. The van der Waals surface area contributed by atoms with Crippen LogP contribution in [0, 0.1) is 5.92 Å². The molecule has 1 aliphatic heterocycles. The largest absolute Gasteiger partial charge is 0.326 e. The Labute approximate surface area is 142 Å². The molecule has 2 atom stereocenters. The van der Waals surface area contributed by atoms with Gasteiger partial charge in [0.1, 0.15) is 0 Å². The lowest BCUT2D eigenvalue weighted by atomic mass is 9.92. The molecule has 0 spiro atoms. The first-order chi connectivity index (χ1) is 11.6. The lowest BCUT2D eigenvalue weighted by Crippen LogP contribution is -2.40. The maximum Gasteiger partial charge on any atom is 0.227 e. The predicted octanol–water partition coefficient (Wildman–Crippen LogP) is 3.24. The Bertz CT molecular complexity index is 727. The van der Waals surface area contributed by atoms with Crippen molar-refractivity contribution in [1.29, 1.82) is 0 Å². The second-order valence-electron chi connectivity index (χ2n) is 6.34. The fourth-order valence-corrected chi connectivity index (χ4v) is 3.11. The first-order valence-electron chi connectivity index (χ1n) is 8.37. The smallest absolute Gasteiger partial charge is 0.227 e. The second-order valence-corrected chi connectivity index (χ2v) is 6.34. The summed E-state index contributed by atoms with van der Waals surface area (Å²) in [5.41, 5.74) is 1.90. The lowest BCUT2D eigenvalue weighted by Gasteiger charge is -2.27. The zero-order chi connectivity index (χ0) is 16.9. The third-order valence-corrected chi connectivity index (χ3v) is 4.42. The number of anilines is 1. The van der Waals surface area contributed by atoms with E-state index in [4.69, 9.17) is 0 Å². The Balaban J connectivity index is 1.71. The normalized spacial score (nSPS) is 20.4. The quantitative estimate of drug-likeness (QED) is 0.850. The Kier molecular flexibility index (Phi) is 5.06. The standard InChI is InChI=1S/C20H22N2O2/c1-14-12-17(10-11-21-14)20(24)22-18-9-5-8-16(13-18)19(23)15-6-3-2-4-7-15/h2-9,13-14,17,21H,10-12H2,1H3,(H,22,24)/t14-,17-/m0/s1. The molecule has 4 nitrogen and oxygen atoms in total. The molecule has 3 rings (SSSR count). The average molecular weight is 322 g/mol. The van der Waals surface area contributed by atoms with Crippen LogP contribution in [0.3, 0.4) is 0 Å². The fourth-order valence-electron chi connectivity index (χ4n) is 3.11. The number of piperidine rings is 1. The monoisotopic (exact) mass is 322 g/mol. The SMILES string of the molecule is C[C@H]1C[C@@H](C(=O)Nc2cccc(C(=O)c3ccccc3)c2)CCN1. The summed E-state index contributed by atoms with van der Waals surface area (Å²) in [4.78, 5) is 24.9. The first-order valence-corrected chi connectivity index (χ1v) is 8.37. The van der Waals surface area contributed by atoms with Crippen molar-refractivity contribution in [2.45, 2.75) is 25.8 Å². The van der Waals surface area contributed by atoms with E-state index in [1.807, 2.05) is 24.3 Å². The van der Waals surface area contributed by atoms with E-state index >= 15 is 0 Å². The summed E-state index contributed by atoms with van der Waals surface area (Å²) < 4.78 is 0. The van der Waals surface area contributed by atoms with Crippen LogP contribution in [0.25, 0.3) is 0 Å². The van der Waals surface area contributed by atoms with Gasteiger partial charge < -0.3 is 10.6 Å². The van der Waals surface area contributed by atoms with Crippen molar-refractivity contribution in [2.24, 2.45) is 5.92 Å². The Hall–Kier alpha value is -2.46. The predicted molar refractivity (Wildman–Crippen MR) is 95.1 cm³/mol. The third-order valence-electron chi connectivity index (χ3n) is 4.42. The number of hydrogen-bond donors (Lipinski definition) is 2. The number of carbonyl (C=O) groups is 2. The number of hydrogen-bond acceptors (Lipinski definition) is 3. The highest BCUT2D eigenvalue weighted by atomic mass is 16.2. The van der Waals surface area contributed by atoms with E-state index in [1.165, 1.54) is 0 Å². The van der Waals surface area contributed by atoms with Crippen molar-refractivity contribution in [2.75, 3.05) is 11.9 Å². The molecule has 0 aliphatic carbocycles. The minimum Gasteiger partial charge on any atom is -0.326 e. The summed E-state index contributed by atoms with van der Waals surface area (Å²) in [5, 5.41) is 6.31. The summed E-state index contributed by atoms with van der Waals surface area (Å²) in [6.45, 7) is 2.96. The van der Waals surface area contributed by atoms with E-state index in [0.717, 1.165) is 19.4 Å². The lowest BCUT2D eigenvalue weighted by molar-refractivity contribution is -0.120. The molecule has 0 bridgehead atoms. The van der Waals surface area contributed by atoms with Crippen LogP contribution < -0.4 is 10.6 Å². The highest BCUT2D eigenvalue weighted by Gasteiger charge is 2.24. The molecule has 1 heterocycles. The van der Waals surface area contributed by atoms with Gasteiger partial charge in [-0.1, -0.05) is 42.5 Å². The van der Waals surface area contributed by atoms with Crippen LogP contribution in [0.2, 0.25) is 0 Å². The second kappa shape index (κ2) is 7.41. The van der Waals surface area contributed by atoms with Gasteiger partial charge in [0, 0.05) is 28.8 Å². The van der Waals surface area contributed by atoms with Crippen molar-refractivity contribution in [1.82, 2.24) is 5.32 Å². The number of amides is 1. The van der Waals surface area contributed by atoms with Gasteiger partial charge in [0.2, 0.25) is 5.91 Å². The molecule has 2 aromatic carbocycles. The Morgan fingerprint density at radius 1 is 1.04 bits per heavy atom. The van der Waals surface area contributed by atoms with Crippen LogP contribution in [0.15, 0.2) is 54.6 Å². The zero-order valence-corrected chi connectivity index (χ0v) is 13.8. The van der Waals surface area contributed by atoms with Crippen molar-refractivity contribution in [3.63, 3.8) is 0 Å². The molecular weight excluding hydrogens is 300 g/mol. The van der Waals surface area contributed by atoms with Gasteiger partial charge >= 0.3 is 0 Å². The molecule has 2 aromatic rings. The molecule has 0 radical (unpaired) electrons. The maximum atomic E-state index is 12.5. The molecule has 0 unspecified atom stereocenters. The van der Waals surface area contributed by atoms with Gasteiger partial charge in [-0.25, -0.2) is 0 Å². The molecule has 0 saturated carbocycles. The number of nitrogens with one attached hydrogen (secondary N) is 2. The Morgan fingerprint density at radius 2 is 1.79 bits per heavy atom. The molecule has 24 heavy (non-hydrogen) atoms. The van der Waals surface area contributed by atoms with Crippen LogP contribution >= 0.6 is 0 Å². The molecule has 2 N–H and O–H groups in total. The van der Waals surface area contributed by atoms with E-state index < -0.39 is 0 Å². The molecule has 1 fully saturated rings. The molecule has 1 aliphatic rings. The van der Waals surface area contributed by atoms with E-state index in [9.17, 15) is 9.59 Å². The van der Waals surface area contributed by atoms with E-state index in [0.29, 0.717) is 22.9 Å². The van der Waals surface area contributed by atoms with Gasteiger partial charge in [0.25, 0.3) is 0 Å². The minimum atomic E-state index is -0.0396. The molecule has 4 heteroatoms. The number of benzene rings is 2. The highest BCUT2D eigenvalue weighted by molar-refractivity contribution is 6.09. The van der Waals surface area contributed by atoms with Gasteiger partial charge in [-0.2, -0.15) is 0 Å². The molecule has 1 amide bonds. The summed E-state index contributed by atoms with van der Waals surface area (Å²) in [6.07, 6.45) is 1.69. The van der Waals surface area contributed by atoms with Crippen LogP contribution in [0.5, 0.6) is 0 Å². The van der Waals surface area contributed by atoms with Crippen LogP contribution in [0.1, 0.15) is 35.7 Å². The van der Waals surface area contributed by atoms with Crippen LogP contribution in [0.4, 0.5) is 5.69 Å². The van der Waals surface area contributed by atoms with E-state index in [1.54, 1.807) is 30.3 Å². The molecular formula is C20H22N2O2. The van der Waals surface area contributed by atoms with Crippen molar-refractivity contribution in [3.05, 3.63) is 65.7 Å².